The van der Waals surface area contributed by atoms with Gasteiger partial charge in [0.25, 0.3) is 0 Å². The number of carboxylic acids is 1. The molecule has 1 unspecified atom stereocenters. The molecule has 1 aliphatic rings. The molecule has 1 rings (SSSR count). The fraction of sp³-hybridized carbons (Fsp3) is 0.733. The lowest BCUT2D eigenvalue weighted by Crippen LogP contribution is -2.30. The van der Waals surface area contributed by atoms with Gasteiger partial charge >= 0.3 is 11.9 Å². The lowest BCUT2D eigenvalue weighted by Gasteiger charge is -2.19. The van der Waals surface area contributed by atoms with E-state index >= 15 is 0 Å². The van der Waals surface area contributed by atoms with E-state index in [-0.39, 0.29) is 5.41 Å². The maximum Gasteiger partial charge on any atom is 0.384 e. The molecule has 5 nitrogen and oxygen atoms in total. The normalized spacial score (nSPS) is 19.2. The quantitative estimate of drug-likeness (QED) is 0.464. The average Bonchev–Trinajstić information content (AvgIpc) is 2.99. The van der Waals surface area contributed by atoms with Crippen molar-refractivity contribution in [1.82, 2.24) is 0 Å². The standard InChI is InChI=1S/C15H22O5/c1-14(2,3)20-11(16)6-5-10(12(17)13(18)19)9-15(4)7-8-15/h10,12,17H,7-9H2,1-4H3,(H,18,19)/t10-,12?/m0/s1. The van der Waals surface area contributed by atoms with E-state index < -0.39 is 29.6 Å². The molecule has 5 heteroatoms. The molecule has 1 aliphatic carbocycles. The van der Waals surface area contributed by atoms with E-state index in [2.05, 4.69) is 11.8 Å². The van der Waals surface area contributed by atoms with Crippen molar-refractivity contribution in [2.24, 2.45) is 11.3 Å². The summed E-state index contributed by atoms with van der Waals surface area (Å²) < 4.78 is 5.03. The predicted octanol–water partition coefficient (Wildman–Crippen LogP) is 1.58. The molecule has 1 fully saturated rings. The lowest BCUT2D eigenvalue weighted by atomic mass is 9.89. The summed E-state index contributed by atoms with van der Waals surface area (Å²) in [5.74, 6) is 2.07. The summed E-state index contributed by atoms with van der Waals surface area (Å²) in [7, 11) is 0. The molecule has 0 aromatic rings. The van der Waals surface area contributed by atoms with Crippen LogP contribution in [0.25, 0.3) is 0 Å². The minimum atomic E-state index is -1.58. The zero-order valence-corrected chi connectivity index (χ0v) is 12.4. The topological polar surface area (TPSA) is 83.8 Å². The smallest absolute Gasteiger partial charge is 0.384 e. The second-order valence-electron chi connectivity index (χ2n) is 6.68. The van der Waals surface area contributed by atoms with Crippen LogP contribution in [0.5, 0.6) is 0 Å². The minimum absolute atomic E-state index is 0.0315. The first-order valence-electron chi connectivity index (χ1n) is 6.68. The predicted molar refractivity (Wildman–Crippen MR) is 72.7 cm³/mol. The van der Waals surface area contributed by atoms with E-state index in [0.29, 0.717) is 6.42 Å². The molecule has 2 atom stereocenters. The Kier molecular flexibility index (Phi) is 4.82. The molecular formula is C15H22O5. The van der Waals surface area contributed by atoms with Crippen molar-refractivity contribution in [3.63, 3.8) is 0 Å². The first-order valence-corrected chi connectivity index (χ1v) is 6.68. The van der Waals surface area contributed by atoms with Crippen molar-refractivity contribution in [3.8, 4) is 11.8 Å². The molecule has 0 radical (unpaired) electrons. The number of carboxylic acid groups (broad SMARTS) is 1. The Balaban J connectivity index is 2.74. The molecule has 0 amide bonds. The monoisotopic (exact) mass is 282 g/mol. The number of rotatable bonds is 4. The van der Waals surface area contributed by atoms with Gasteiger partial charge in [0.05, 0.1) is 5.92 Å². The van der Waals surface area contributed by atoms with Crippen LogP contribution in [0.4, 0.5) is 0 Å². The number of aliphatic hydroxyl groups is 1. The number of hydrogen-bond acceptors (Lipinski definition) is 4. The molecule has 1 saturated carbocycles. The van der Waals surface area contributed by atoms with Gasteiger partial charge in [-0.2, -0.15) is 0 Å². The highest BCUT2D eigenvalue weighted by atomic mass is 16.6. The van der Waals surface area contributed by atoms with Crippen LogP contribution in [0.2, 0.25) is 0 Å². The largest absolute Gasteiger partial charge is 0.479 e. The van der Waals surface area contributed by atoms with Crippen LogP contribution in [-0.2, 0) is 14.3 Å². The molecule has 0 spiro atoms. The van der Waals surface area contributed by atoms with Crippen LogP contribution >= 0.6 is 0 Å². The van der Waals surface area contributed by atoms with E-state index in [1.807, 2.05) is 6.92 Å². The Morgan fingerprint density at radius 3 is 2.30 bits per heavy atom. The maximum atomic E-state index is 11.5. The van der Waals surface area contributed by atoms with E-state index in [4.69, 9.17) is 9.84 Å². The van der Waals surface area contributed by atoms with Crippen LogP contribution in [0.1, 0.15) is 47.0 Å². The molecule has 0 bridgehead atoms. The molecule has 112 valence electrons. The third-order valence-electron chi connectivity index (χ3n) is 3.21. The Morgan fingerprint density at radius 1 is 1.35 bits per heavy atom. The third kappa shape index (κ3) is 5.62. The van der Waals surface area contributed by atoms with Gasteiger partial charge in [0.2, 0.25) is 0 Å². The van der Waals surface area contributed by atoms with Gasteiger partial charge in [0.15, 0.2) is 6.10 Å². The Labute approximate surface area is 119 Å². The van der Waals surface area contributed by atoms with E-state index in [1.54, 1.807) is 20.8 Å². The molecule has 0 aromatic heterocycles. The van der Waals surface area contributed by atoms with E-state index in [1.165, 1.54) is 0 Å². The molecule has 0 aliphatic heterocycles. The van der Waals surface area contributed by atoms with E-state index in [0.717, 1.165) is 12.8 Å². The van der Waals surface area contributed by atoms with Gasteiger partial charge in [-0.15, -0.1) is 0 Å². The van der Waals surface area contributed by atoms with Gasteiger partial charge in [-0.25, -0.2) is 9.59 Å². The van der Waals surface area contributed by atoms with Gasteiger partial charge < -0.3 is 14.9 Å². The summed E-state index contributed by atoms with van der Waals surface area (Å²) >= 11 is 0. The second kappa shape index (κ2) is 5.84. The molecule has 2 N–H and O–H groups in total. The Morgan fingerprint density at radius 2 is 1.90 bits per heavy atom. The van der Waals surface area contributed by atoms with Gasteiger partial charge in [-0.05, 0) is 45.4 Å². The highest BCUT2D eigenvalue weighted by Gasteiger charge is 2.41. The summed E-state index contributed by atoms with van der Waals surface area (Å²) in [5, 5.41) is 18.6. The van der Waals surface area contributed by atoms with Crippen molar-refractivity contribution in [2.75, 3.05) is 0 Å². The van der Waals surface area contributed by atoms with Crippen LogP contribution in [0.3, 0.4) is 0 Å². The Bertz CT molecular complexity index is 445. The first-order chi connectivity index (χ1) is 9.02. The Hall–Kier alpha value is -1.54. The molecule has 0 saturated heterocycles. The number of aliphatic hydroxyl groups excluding tert-OH is 1. The fourth-order valence-corrected chi connectivity index (χ4v) is 1.82. The van der Waals surface area contributed by atoms with Crippen molar-refractivity contribution in [3.05, 3.63) is 0 Å². The highest BCUT2D eigenvalue weighted by Crippen LogP contribution is 2.50. The maximum absolute atomic E-state index is 11.5. The number of hydrogen-bond donors (Lipinski definition) is 2. The highest BCUT2D eigenvalue weighted by molar-refractivity contribution is 5.89. The summed E-state index contributed by atoms with van der Waals surface area (Å²) in [4.78, 5) is 22.4. The number of esters is 1. The SMILES string of the molecule is CC1(C[C@H](C#CC(=O)OC(C)(C)C)C(O)C(=O)O)CC1. The minimum Gasteiger partial charge on any atom is -0.479 e. The number of carbonyl (C=O) groups is 2. The molecule has 20 heavy (non-hydrogen) atoms. The molecule has 0 heterocycles. The zero-order chi connectivity index (χ0) is 15.6. The van der Waals surface area contributed by atoms with Crippen LogP contribution < -0.4 is 0 Å². The lowest BCUT2D eigenvalue weighted by molar-refractivity contribution is -0.149. The van der Waals surface area contributed by atoms with Crippen molar-refractivity contribution < 1.29 is 24.5 Å². The van der Waals surface area contributed by atoms with Crippen molar-refractivity contribution in [1.29, 1.82) is 0 Å². The van der Waals surface area contributed by atoms with Crippen LogP contribution in [-0.4, -0.2) is 33.9 Å². The number of ether oxygens (including phenoxy) is 1. The molecule has 0 aromatic carbocycles. The second-order valence-corrected chi connectivity index (χ2v) is 6.68. The third-order valence-corrected chi connectivity index (χ3v) is 3.21. The number of carbonyl (C=O) groups excluding carboxylic acids is 1. The van der Waals surface area contributed by atoms with Gasteiger partial charge in [0, 0.05) is 5.92 Å². The molecular weight excluding hydrogens is 260 g/mol. The first kappa shape index (κ1) is 16.5. The average molecular weight is 282 g/mol. The van der Waals surface area contributed by atoms with Gasteiger partial charge in [-0.1, -0.05) is 12.8 Å². The van der Waals surface area contributed by atoms with Gasteiger partial charge in [0.1, 0.15) is 5.60 Å². The van der Waals surface area contributed by atoms with E-state index in [9.17, 15) is 14.7 Å². The fourth-order valence-electron chi connectivity index (χ4n) is 1.82. The van der Waals surface area contributed by atoms with Crippen LogP contribution in [0.15, 0.2) is 0 Å². The summed E-state index contributed by atoms with van der Waals surface area (Å²) in [5.41, 5.74) is -0.612. The van der Waals surface area contributed by atoms with Crippen molar-refractivity contribution >= 4 is 11.9 Å². The number of aliphatic carboxylic acids is 1. The summed E-state index contributed by atoms with van der Waals surface area (Å²) in [6.07, 6.45) is 0.867. The van der Waals surface area contributed by atoms with Gasteiger partial charge in [-0.3, -0.25) is 0 Å². The zero-order valence-electron chi connectivity index (χ0n) is 12.4. The summed E-state index contributed by atoms with van der Waals surface area (Å²) in [6, 6.07) is 0. The van der Waals surface area contributed by atoms with Crippen LogP contribution in [0, 0.1) is 23.2 Å². The summed E-state index contributed by atoms with van der Waals surface area (Å²) in [6.45, 7) is 7.19. The van der Waals surface area contributed by atoms with Crippen molar-refractivity contribution in [2.45, 2.75) is 58.7 Å².